The number of fused-ring (bicyclic) bond motifs is 1. The van der Waals surface area contributed by atoms with Crippen molar-refractivity contribution in [1.82, 2.24) is 9.97 Å². The van der Waals surface area contributed by atoms with E-state index in [0.717, 1.165) is 10.9 Å². The predicted octanol–water partition coefficient (Wildman–Crippen LogP) is 4.19. The number of hydrogen-bond acceptors (Lipinski definition) is 3. The molecule has 5 heteroatoms. The van der Waals surface area contributed by atoms with Gasteiger partial charge in [0.15, 0.2) is 5.82 Å². The van der Waals surface area contributed by atoms with Gasteiger partial charge in [-0.1, -0.05) is 35.3 Å². The Kier molecular flexibility index (Phi) is 3.01. The minimum absolute atomic E-state index is 0.414. The van der Waals surface area contributed by atoms with Crippen molar-refractivity contribution in [1.29, 1.82) is 0 Å². The van der Waals surface area contributed by atoms with Crippen LogP contribution in [-0.4, -0.2) is 9.97 Å². The maximum Gasteiger partial charge on any atom is 0.163 e. The van der Waals surface area contributed by atoms with E-state index < -0.39 is 0 Å². The molecule has 0 aliphatic carbocycles. The molecule has 2 N–H and O–H groups in total. The average molecular weight is 290 g/mol. The fourth-order valence-corrected chi connectivity index (χ4v) is 2.28. The molecular weight excluding hydrogens is 281 g/mol. The van der Waals surface area contributed by atoms with E-state index in [4.69, 9.17) is 28.9 Å². The monoisotopic (exact) mass is 289 g/mol. The van der Waals surface area contributed by atoms with Gasteiger partial charge in [-0.2, -0.15) is 0 Å². The highest BCUT2D eigenvalue weighted by Crippen LogP contribution is 2.29. The van der Waals surface area contributed by atoms with Crippen LogP contribution in [0.15, 0.2) is 42.5 Å². The fourth-order valence-electron chi connectivity index (χ4n) is 1.89. The van der Waals surface area contributed by atoms with Gasteiger partial charge in [0, 0.05) is 16.0 Å². The molecule has 3 rings (SSSR count). The quantitative estimate of drug-likeness (QED) is 0.731. The van der Waals surface area contributed by atoms with Crippen molar-refractivity contribution in [3.63, 3.8) is 0 Å². The maximum absolute atomic E-state index is 6.15. The summed E-state index contributed by atoms with van der Waals surface area (Å²) in [5.74, 6) is 0.912. The Bertz CT molecular complexity index is 772. The van der Waals surface area contributed by atoms with Crippen LogP contribution in [0.3, 0.4) is 0 Å². The summed E-state index contributed by atoms with van der Waals surface area (Å²) in [6, 6.07) is 12.7. The smallest absolute Gasteiger partial charge is 0.163 e. The lowest BCUT2D eigenvalue weighted by Crippen LogP contribution is -1.98. The third-order valence-electron chi connectivity index (χ3n) is 2.80. The van der Waals surface area contributed by atoms with E-state index >= 15 is 0 Å². The molecule has 0 radical (unpaired) electrons. The molecule has 2 aromatic carbocycles. The summed E-state index contributed by atoms with van der Waals surface area (Å²) in [6.07, 6.45) is 0. The summed E-state index contributed by atoms with van der Waals surface area (Å²) in [4.78, 5) is 8.77. The van der Waals surface area contributed by atoms with Crippen LogP contribution in [0.25, 0.3) is 22.3 Å². The number of aromatic nitrogens is 2. The number of nitrogens with two attached hydrogens (primary N) is 1. The fraction of sp³-hybridized carbons (Fsp3) is 0. The first-order valence-electron chi connectivity index (χ1n) is 5.63. The normalized spacial score (nSPS) is 10.8. The van der Waals surface area contributed by atoms with Gasteiger partial charge in [-0.15, -0.1) is 0 Å². The zero-order chi connectivity index (χ0) is 13.4. The van der Waals surface area contributed by atoms with Crippen molar-refractivity contribution in [2.24, 2.45) is 0 Å². The van der Waals surface area contributed by atoms with Crippen LogP contribution in [0.1, 0.15) is 0 Å². The van der Waals surface area contributed by atoms with Crippen LogP contribution in [0.4, 0.5) is 5.82 Å². The van der Waals surface area contributed by atoms with Crippen LogP contribution in [0.2, 0.25) is 10.0 Å². The largest absolute Gasteiger partial charge is 0.383 e. The number of nitrogen functional groups attached to an aromatic ring is 1. The first-order chi connectivity index (χ1) is 9.15. The van der Waals surface area contributed by atoms with Crippen molar-refractivity contribution in [3.05, 3.63) is 52.5 Å². The lowest BCUT2D eigenvalue weighted by Gasteiger charge is -2.07. The lowest BCUT2D eigenvalue weighted by molar-refractivity contribution is 1.23. The molecule has 3 aromatic rings. The van der Waals surface area contributed by atoms with Gasteiger partial charge in [-0.05, 0) is 30.3 Å². The molecule has 1 aromatic heterocycles. The summed E-state index contributed by atoms with van der Waals surface area (Å²) < 4.78 is 0. The van der Waals surface area contributed by atoms with E-state index in [2.05, 4.69) is 9.97 Å². The second kappa shape index (κ2) is 4.68. The molecule has 0 fully saturated rings. The van der Waals surface area contributed by atoms with Crippen LogP contribution >= 0.6 is 23.2 Å². The molecule has 3 nitrogen and oxygen atoms in total. The molecule has 0 saturated carbocycles. The first kappa shape index (κ1) is 12.2. The van der Waals surface area contributed by atoms with Crippen molar-refractivity contribution in [2.45, 2.75) is 0 Å². The summed E-state index contributed by atoms with van der Waals surface area (Å²) in [6.45, 7) is 0. The molecule has 0 bridgehead atoms. The van der Waals surface area contributed by atoms with Crippen LogP contribution < -0.4 is 5.73 Å². The maximum atomic E-state index is 6.15. The number of anilines is 1. The Morgan fingerprint density at radius 3 is 2.53 bits per heavy atom. The molecule has 0 spiro atoms. The molecule has 0 unspecified atom stereocenters. The SMILES string of the molecule is Nc1nc(-c2ccccc2Cl)nc2cc(Cl)ccc12. The Morgan fingerprint density at radius 1 is 0.947 bits per heavy atom. The van der Waals surface area contributed by atoms with Gasteiger partial charge >= 0.3 is 0 Å². The lowest BCUT2D eigenvalue weighted by atomic mass is 10.2. The minimum atomic E-state index is 0.414. The zero-order valence-electron chi connectivity index (χ0n) is 9.77. The number of nitrogens with zero attached hydrogens (tertiary/aromatic N) is 2. The molecular formula is C14H9Cl2N3. The molecule has 0 atom stereocenters. The summed E-state index contributed by atoms with van der Waals surface area (Å²) >= 11 is 12.1. The molecule has 0 saturated heterocycles. The number of halogens is 2. The van der Waals surface area contributed by atoms with Gasteiger partial charge in [-0.3, -0.25) is 0 Å². The Hall–Kier alpha value is -1.84. The average Bonchev–Trinajstić information content (AvgIpc) is 2.38. The predicted molar refractivity (Wildman–Crippen MR) is 79.4 cm³/mol. The topological polar surface area (TPSA) is 51.8 Å². The van der Waals surface area contributed by atoms with Crippen LogP contribution in [0, 0.1) is 0 Å². The number of rotatable bonds is 1. The highest BCUT2D eigenvalue weighted by Gasteiger charge is 2.10. The standard InChI is InChI=1S/C14H9Cl2N3/c15-8-5-6-10-12(7-8)18-14(19-13(10)17)9-3-1-2-4-11(9)16/h1-7H,(H2,17,18,19). The van der Waals surface area contributed by atoms with Gasteiger partial charge in [0.2, 0.25) is 0 Å². The molecule has 94 valence electrons. The Balaban J connectivity index is 2.29. The van der Waals surface area contributed by atoms with E-state index in [0.29, 0.717) is 27.2 Å². The van der Waals surface area contributed by atoms with Crippen molar-refractivity contribution < 1.29 is 0 Å². The van der Waals surface area contributed by atoms with Gasteiger partial charge in [-0.25, -0.2) is 9.97 Å². The van der Waals surface area contributed by atoms with Crippen molar-refractivity contribution in [2.75, 3.05) is 5.73 Å². The van der Waals surface area contributed by atoms with Crippen LogP contribution in [0.5, 0.6) is 0 Å². The zero-order valence-corrected chi connectivity index (χ0v) is 11.3. The van der Waals surface area contributed by atoms with Crippen LogP contribution in [-0.2, 0) is 0 Å². The molecule has 19 heavy (non-hydrogen) atoms. The highest BCUT2D eigenvalue weighted by molar-refractivity contribution is 6.33. The molecule has 0 aliphatic rings. The van der Waals surface area contributed by atoms with Crippen molar-refractivity contribution >= 4 is 39.9 Å². The third-order valence-corrected chi connectivity index (χ3v) is 3.37. The Labute approximate surface area is 120 Å². The number of hydrogen-bond donors (Lipinski definition) is 1. The molecule has 0 aliphatic heterocycles. The molecule has 1 heterocycles. The van der Waals surface area contributed by atoms with Gasteiger partial charge in [0.05, 0.1) is 10.5 Å². The van der Waals surface area contributed by atoms with Gasteiger partial charge < -0.3 is 5.73 Å². The summed E-state index contributed by atoms with van der Waals surface area (Å²) in [5, 5.41) is 1.97. The van der Waals surface area contributed by atoms with Crippen molar-refractivity contribution in [3.8, 4) is 11.4 Å². The third kappa shape index (κ3) is 2.23. The summed E-state index contributed by atoms with van der Waals surface area (Å²) in [7, 11) is 0. The van der Waals surface area contributed by atoms with E-state index in [9.17, 15) is 0 Å². The second-order valence-corrected chi connectivity index (χ2v) is 4.92. The minimum Gasteiger partial charge on any atom is -0.383 e. The number of benzene rings is 2. The molecule has 0 amide bonds. The van der Waals surface area contributed by atoms with E-state index in [1.54, 1.807) is 18.2 Å². The first-order valence-corrected chi connectivity index (χ1v) is 6.38. The van der Waals surface area contributed by atoms with Gasteiger partial charge in [0.25, 0.3) is 0 Å². The summed E-state index contributed by atoms with van der Waals surface area (Å²) in [5.41, 5.74) is 7.41. The van der Waals surface area contributed by atoms with Gasteiger partial charge in [0.1, 0.15) is 5.82 Å². The Morgan fingerprint density at radius 2 is 1.74 bits per heavy atom. The van der Waals surface area contributed by atoms with E-state index in [1.165, 1.54) is 0 Å². The van der Waals surface area contributed by atoms with E-state index in [1.807, 2.05) is 24.3 Å². The highest BCUT2D eigenvalue weighted by atomic mass is 35.5. The van der Waals surface area contributed by atoms with E-state index in [-0.39, 0.29) is 0 Å². The second-order valence-electron chi connectivity index (χ2n) is 4.07.